The summed E-state index contributed by atoms with van der Waals surface area (Å²) >= 11 is 0. The molecule has 1 saturated carbocycles. The number of hydrogen-bond donors (Lipinski definition) is 0. The molecule has 0 N–H and O–H groups in total. The first-order valence-corrected chi connectivity index (χ1v) is 5.40. The van der Waals surface area contributed by atoms with Crippen LogP contribution in [0.2, 0.25) is 0 Å². The number of carbonyl (C=O) groups is 1. The largest absolute Gasteiger partial charge is 0.294 e. The van der Waals surface area contributed by atoms with Gasteiger partial charge in [0.15, 0.2) is 5.78 Å². The van der Waals surface area contributed by atoms with Crippen LogP contribution in [0.5, 0.6) is 0 Å². The van der Waals surface area contributed by atoms with Gasteiger partial charge in [0, 0.05) is 11.5 Å². The van der Waals surface area contributed by atoms with Gasteiger partial charge in [-0.05, 0) is 37.3 Å². The van der Waals surface area contributed by atoms with Crippen molar-refractivity contribution in [3.05, 3.63) is 35.1 Å². The second-order valence-corrected chi connectivity index (χ2v) is 4.45. The number of carbonyl (C=O) groups excluding carboxylic acids is 1. The molecule has 1 aliphatic carbocycles. The van der Waals surface area contributed by atoms with Gasteiger partial charge in [-0.25, -0.2) is 4.39 Å². The predicted octanol–water partition coefficient (Wildman–Crippen LogP) is 3.36. The molecule has 0 saturated heterocycles. The first-order chi connectivity index (χ1) is 7.09. The number of ketones is 1. The second-order valence-electron chi connectivity index (χ2n) is 4.45. The zero-order chi connectivity index (χ0) is 11.0. The summed E-state index contributed by atoms with van der Waals surface area (Å²) in [7, 11) is 0. The van der Waals surface area contributed by atoms with Gasteiger partial charge in [0.1, 0.15) is 5.82 Å². The standard InChI is InChI=1S/C13H15FO/c1-8-3-4-11(7-12(8)14)13(15)9(2)10-5-6-10/h3-4,7,9-10H,5-6H2,1-2H3. The Balaban J connectivity index is 2.21. The van der Waals surface area contributed by atoms with Gasteiger partial charge in [0.05, 0.1) is 0 Å². The van der Waals surface area contributed by atoms with E-state index >= 15 is 0 Å². The zero-order valence-corrected chi connectivity index (χ0v) is 9.09. The Morgan fingerprint density at radius 2 is 2.13 bits per heavy atom. The summed E-state index contributed by atoms with van der Waals surface area (Å²) in [6.07, 6.45) is 2.28. The van der Waals surface area contributed by atoms with Crippen LogP contribution in [0.1, 0.15) is 35.7 Å². The van der Waals surface area contributed by atoms with Gasteiger partial charge in [-0.1, -0.05) is 19.1 Å². The molecular weight excluding hydrogens is 191 g/mol. The highest BCUT2D eigenvalue weighted by Crippen LogP contribution is 2.38. The van der Waals surface area contributed by atoms with E-state index in [4.69, 9.17) is 0 Å². The van der Waals surface area contributed by atoms with Crippen LogP contribution in [0.3, 0.4) is 0 Å². The molecule has 1 aromatic rings. The lowest BCUT2D eigenvalue weighted by Crippen LogP contribution is -2.13. The summed E-state index contributed by atoms with van der Waals surface area (Å²) in [6.45, 7) is 3.64. The Morgan fingerprint density at radius 3 is 2.67 bits per heavy atom. The molecule has 1 nitrogen and oxygen atoms in total. The van der Waals surface area contributed by atoms with Crippen molar-refractivity contribution in [2.75, 3.05) is 0 Å². The molecule has 1 aromatic carbocycles. The summed E-state index contributed by atoms with van der Waals surface area (Å²) in [5.41, 5.74) is 1.10. The fourth-order valence-electron chi connectivity index (χ4n) is 1.82. The van der Waals surface area contributed by atoms with Gasteiger partial charge >= 0.3 is 0 Å². The quantitative estimate of drug-likeness (QED) is 0.693. The van der Waals surface area contributed by atoms with E-state index in [1.807, 2.05) is 6.92 Å². The zero-order valence-electron chi connectivity index (χ0n) is 9.09. The third kappa shape index (κ3) is 2.09. The van der Waals surface area contributed by atoms with Crippen LogP contribution in [-0.2, 0) is 0 Å². The molecule has 1 atom stereocenters. The molecule has 2 heteroatoms. The van der Waals surface area contributed by atoms with Gasteiger partial charge in [-0.2, -0.15) is 0 Å². The van der Waals surface area contributed by atoms with Gasteiger partial charge in [-0.15, -0.1) is 0 Å². The maximum atomic E-state index is 13.3. The van der Waals surface area contributed by atoms with Crippen molar-refractivity contribution in [2.24, 2.45) is 11.8 Å². The fourth-order valence-corrected chi connectivity index (χ4v) is 1.82. The van der Waals surface area contributed by atoms with E-state index in [1.165, 1.54) is 6.07 Å². The SMILES string of the molecule is Cc1ccc(C(=O)C(C)C2CC2)cc1F. The van der Waals surface area contributed by atoms with Crippen molar-refractivity contribution in [1.82, 2.24) is 0 Å². The maximum absolute atomic E-state index is 13.3. The number of benzene rings is 1. The number of hydrogen-bond acceptors (Lipinski definition) is 1. The highest BCUT2D eigenvalue weighted by atomic mass is 19.1. The number of Topliss-reactive ketones (excluding diaryl/α,β-unsaturated/α-hetero) is 1. The Labute approximate surface area is 89.3 Å². The average molecular weight is 206 g/mol. The highest BCUT2D eigenvalue weighted by Gasteiger charge is 2.33. The topological polar surface area (TPSA) is 17.1 Å². The number of rotatable bonds is 3. The fraction of sp³-hybridized carbons (Fsp3) is 0.462. The highest BCUT2D eigenvalue weighted by molar-refractivity contribution is 5.98. The average Bonchev–Trinajstić information content (AvgIpc) is 3.03. The van der Waals surface area contributed by atoms with Crippen LogP contribution in [0, 0.1) is 24.6 Å². The first-order valence-electron chi connectivity index (χ1n) is 5.40. The van der Waals surface area contributed by atoms with Gasteiger partial charge in [0.2, 0.25) is 0 Å². The minimum absolute atomic E-state index is 0.0482. The molecular formula is C13H15FO. The minimum Gasteiger partial charge on any atom is -0.294 e. The number of aryl methyl sites for hydroxylation is 1. The Kier molecular flexibility index (Phi) is 2.59. The Bertz CT molecular complexity index is 394. The molecule has 2 rings (SSSR count). The lowest BCUT2D eigenvalue weighted by Gasteiger charge is -2.09. The van der Waals surface area contributed by atoms with Crippen LogP contribution in [-0.4, -0.2) is 5.78 Å². The summed E-state index contributed by atoms with van der Waals surface area (Å²) in [5.74, 6) is 0.370. The third-order valence-corrected chi connectivity index (χ3v) is 3.20. The van der Waals surface area contributed by atoms with Crippen LogP contribution in [0.4, 0.5) is 4.39 Å². The van der Waals surface area contributed by atoms with Gasteiger partial charge in [0.25, 0.3) is 0 Å². The molecule has 0 bridgehead atoms. The molecule has 0 radical (unpaired) electrons. The van der Waals surface area contributed by atoms with Gasteiger partial charge in [-0.3, -0.25) is 4.79 Å². The first kappa shape index (κ1) is 10.3. The predicted molar refractivity (Wildman–Crippen MR) is 57.4 cm³/mol. The number of halogens is 1. The van der Waals surface area contributed by atoms with Crippen molar-refractivity contribution in [2.45, 2.75) is 26.7 Å². The van der Waals surface area contributed by atoms with E-state index in [9.17, 15) is 9.18 Å². The van der Waals surface area contributed by atoms with Crippen molar-refractivity contribution in [3.8, 4) is 0 Å². The van der Waals surface area contributed by atoms with Crippen LogP contribution in [0.25, 0.3) is 0 Å². The summed E-state index contributed by atoms with van der Waals surface area (Å²) in [5, 5.41) is 0. The van der Waals surface area contributed by atoms with Crippen LogP contribution in [0.15, 0.2) is 18.2 Å². The molecule has 0 heterocycles. The van der Waals surface area contributed by atoms with Crippen LogP contribution < -0.4 is 0 Å². The molecule has 15 heavy (non-hydrogen) atoms. The molecule has 1 unspecified atom stereocenters. The Morgan fingerprint density at radius 1 is 1.47 bits per heavy atom. The third-order valence-electron chi connectivity index (χ3n) is 3.20. The van der Waals surface area contributed by atoms with E-state index in [2.05, 4.69) is 0 Å². The van der Waals surface area contributed by atoms with Crippen molar-refractivity contribution < 1.29 is 9.18 Å². The summed E-state index contributed by atoms with van der Waals surface area (Å²) < 4.78 is 13.3. The summed E-state index contributed by atoms with van der Waals surface area (Å²) in [6, 6.07) is 4.75. The molecule has 0 spiro atoms. The van der Waals surface area contributed by atoms with E-state index in [-0.39, 0.29) is 17.5 Å². The van der Waals surface area contributed by atoms with Gasteiger partial charge < -0.3 is 0 Å². The molecule has 1 aliphatic rings. The van der Waals surface area contributed by atoms with E-state index in [0.29, 0.717) is 17.0 Å². The molecule has 0 aromatic heterocycles. The van der Waals surface area contributed by atoms with Crippen molar-refractivity contribution >= 4 is 5.78 Å². The monoisotopic (exact) mass is 206 g/mol. The molecule has 0 amide bonds. The van der Waals surface area contributed by atoms with E-state index in [1.54, 1.807) is 19.1 Å². The van der Waals surface area contributed by atoms with E-state index < -0.39 is 0 Å². The maximum Gasteiger partial charge on any atom is 0.166 e. The normalized spacial score (nSPS) is 17.5. The van der Waals surface area contributed by atoms with Crippen LogP contribution >= 0.6 is 0 Å². The lowest BCUT2D eigenvalue weighted by molar-refractivity contribution is 0.0916. The summed E-state index contributed by atoms with van der Waals surface area (Å²) in [4.78, 5) is 11.9. The second kappa shape index (κ2) is 3.76. The molecule has 0 aliphatic heterocycles. The lowest BCUT2D eigenvalue weighted by atomic mass is 9.94. The van der Waals surface area contributed by atoms with E-state index in [0.717, 1.165) is 12.8 Å². The Hall–Kier alpha value is -1.18. The van der Waals surface area contributed by atoms with Crippen molar-refractivity contribution in [3.63, 3.8) is 0 Å². The smallest absolute Gasteiger partial charge is 0.166 e. The minimum atomic E-state index is -0.288. The van der Waals surface area contributed by atoms with Crippen molar-refractivity contribution in [1.29, 1.82) is 0 Å². The molecule has 80 valence electrons. The molecule has 1 fully saturated rings.